The van der Waals surface area contributed by atoms with E-state index in [2.05, 4.69) is 24.1 Å². The van der Waals surface area contributed by atoms with Gasteiger partial charge in [0, 0.05) is 25.7 Å². The van der Waals surface area contributed by atoms with Gasteiger partial charge in [0.15, 0.2) is 0 Å². The third kappa shape index (κ3) is 6.26. The Morgan fingerprint density at radius 2 is 2.07 bits per heavy atom. The number of hydrogen-bond acceptors (Lipinski definition) is 2. The van der Waals surface area contributed by atoms with Gasteiger partial charge in [0.25, 0.3) is 0 Å². The highest BCUT2D eigenvalue weighted by Crippen LogP contribution is 2.09. The van der Waals surface area contributed by atoms with Gasteiger partial charge in [0.2, 0.25) is 0 Å². The fraction of sp³-hybridized carbons (Fsp3) is 0.538. The lowest BCUT2D eigenvalue weighted by molar-refractivity contribution is 0.366. The zero-order valence-corrected chi connectivity index (χ0v) is 10.1. The van der Waals surface area contributed by atoms with Crippen LogP contribution in [0.5, 0.6) is 0 Å². The Balaban J connectivity index is 0.000000583. The molecule has 0 aliphatic carbocycles. The first kappa shape index (κ1) is 14.1. The minimum atomic E-state index is 0.382. The Morgan fingerprint density at radius 3 is 2.40 bits per heavy atom. The first-order valence-electron chi connectivity index (χ1n) is 5.50. The van der Waals surface area contributed by atoms with Crippen LogP contribution in [0.15, 0.2) is 37.0 Å². The standard InChI is InChI=1S/C10H18N2.C3H6/c1-3-9(4-2)7-12-6-5-10(11)8-12;1-3-2/h3-4,10H,1,5-8,11H2,2H3;3H,1H2,2H3/b9-4+;. The van der Waals surface area contributed by atoms with Gasteiger partial charge in [-0.3, -0.25) is 4.90 Å². The molecule has 2 nitrogen and oxygen atoms in total. The molecule has 1 saturated heterocycles. The molecule has 0 amide bonds. The second-order valence-corrected chi connectivity index (χ2v) is 3.76. The summed E-state index contributed by atoms with van der Waals surface area (Å²) < 4.78 is 0. The van der Waals surface area contributed by atoms with Crippen LogP contribution in [0.2, 0.25) is 0 Å². The van der Waals surface area contributed by atoms with Crippen molar-refractivity contribution in [3.8, 4) is 0 Å². The van der Waals surface area contributed by atoms with Crippen molar-refractivity contribution in [3.63, 3.8) is 0 Å². The van der Waals surface area contributed by atoms with Crippen molar-refractivity contribution in [3.05, 3.63) is 37.0 Å². The summed E-state index contributed by atoms with van der Waals surface area (Å²) in [5.74, 6) is 0. The van der Waals surface area contributed by atoms with Gasteiger partial charge in [-0.05, 0) is 25.8 Å². The van der Waals surface area contributed by atoms with Gasteiger partial charge >= 0.3 is 0 Å². The molecule has 0 saturated carbocycles. The predicted molar refractivity (Wildman–Crippen MR) is 68.9 cm³/mol. The van der Waals surface area contributed by atoms with Crippen LogP contribution in [0.1, 0.15) is 20.3 Å². The van der Waals surface area contributed by atoms with Crippen molar-refractivity contribution >= 4 is 0 Å². The van der Waals surface area contributed by atoms with E-state index in [1.165, 1.54) is 5.57 Å². The fourth-order valence-corrected chi connectivity index (χ4v) is 1.54. The first-order chi connectivity index (χ1) is 7.17. The maximum Gasteiger partial charge on any atom is 0.0230 e. The molecule has 2 N–H and O–H groups in total. The predicted octanol–water partition coefficient (Wildman–Crippen LogP) is 2.34. The lowest BCUT2D eigenvalue weighted by atomic mass is 10.2. The SMILES string of the molecule is C=C/C(=C\C)CN1CCC(N)C1.C=CC. The maximum absolute atomic E-state index is 5.80. The molecule has 1 heterocycles. The first-order valence-corrected chi connectivity index (χ1v) is 5.50. The second-order valence-electron chi connectivity index (χ2n) is 3.76. The van der Waals surface area contributed by atoms with Crippen molar-refractivity contribution in [2.75, 3.05) is 19.6 Å². The summed E-state index contributed by atoms with van der Waals surface area (Å²) in [6.45, 7) is 14.2. The summed E-state index contributed by atoms with van der Waals surface area (Å²) in [5, 5.41) is 0. The quantitative estimate of drug-likeness (QED) is 0.570. The lowest BCUT2D eigenvalue weighted by Gasteiger charge is -2.15. The molecule has 1 aliphatic rings. The van der Waals surface area contributed by atoms with E-state index in [0.717, 1.165) is 26.1 Å². The molecule has 1 fully saturated rings. The smallest absolute Gasteiger partial charge is 0.0230 e. The minimum Gasteiger partial charge on any atom is -0.326 e. The van der Waals surface area contributed by atoms with E-state index in [9.17, 15) is 0 Å². The van der Waals surface area contributed by atoms with Crippen molar-refractivity contribution in [2.24, 2.45) is 5.73 Å². The molecule has 2 heteroatoms. The Hall–Kier alpha value is -0.860. The molecule has 1 atom stereocenters. The van der Waals surface area contributed by atoms with Crippen LogP contribution in [-0.2, 0) is 0 Å². The Kier molecular flexibility index (Phi) is 7.96. The third-order valence-electron chi connectivity index (χ3n) is 2.35. The molecule has 0 radical (unpaired) electrons. The van der Waals surface area contributed by atoms with Crippen LogP contribution in [0.25, 0.3) is 0 Å². The van der Waals surface area contributed by atoms with Crippen molar-refractivity contribution in [2.45, 2.75) is 26.3 Å². The maximum atomic E-state index is 5.80. The van der Waals surface area contributed by atoms with Gasteiger partial charge < -0.3 is 5.73 Å². The number of hydrogen-bond donors (Lipinski definition) is 1. The summed E-state index contributed by atoms with van der Waals surface area (Å²) >= 11 is 0. The van der Waals surface area contributed by atoms with Crippen LogP contribution >= 0.6 is 0 Å². The molecule has 0 aromatic rings. The van der Waals surface area contributed by atoms with Crippen LogP contribution in [-0.4, -0.2) is 30.6 Å². The van der Waals surface area contributed by atoms with E-state index >= 15 is 0 Å². The van der Waals surface area contributed by atoms with Crippen LogP contribution < -0.4 is 5.73 Å². The van der Waals surface area contributed by atoms with Crippen molar-refractivity contribution < 1.29 is 0 Å². The Labute approximate surface area is 94.1 Å². The van der Waals surface area contributed by atoms with E-state index in [4.69, 9.17) is 5.73 Å². The van der Waals surface area contributed by atoms with E-state index < -0.39 is 0 Å². The summed E-state index contributed by atoms with van der Waals surface area (Å²) in [6.07, 6.45) is 6.91. The van der Waals surface area contributed by atoms with Crippen molar-refractivity contribution in [1.82, 2.24) is 4.90 Å². The molecule has 1 unspecified atom stereocenters. The molecule has 0 bridgehead atoms. The molecule has 1 aliphatic heterocycles. The number of allylic oxidation sites excluding steroid dienone is 2. The highest BCUT2D eigenvalue weighted by atomic mass is 15.2. The monoisotopic (exact) mass is 208 g/mol. The van der Waals surface area contributed by atoms with Crippen LogP contribution in [0.3, 0.4) is 0 Å². The molecule has 86 valence electrons. The van der Waals surface area contributed by atoms with Gasteiger partial charge in [0.05, 0.1) is 0 Å². The second kappa shape index (κ2) is 8.45. The average molecular weight is 208 g/mol. The Morgan fingerprint density at radius 1 is 1.47 bits per heavy atom. The molecule has 15 heavy (non-hydrogen) atoms. The number of nitrogens with zero attached hydrogens (tertiary/aromatic N) is 1. The van der Waals surface area contributed by atoms with Gasteiger partial charge in [-0.2, -0.15) is 0 Å². The van der Waals surface area contributed by atoms with E-state index in [0.29, 0.717) is 6.04 Å². The minimum absolute atomic E-state index is 0.382. The van der Waals surface area contributed by atoms with E-state index in [1.807, 2.05) is 19.9 Å². The van der Waals surface area contributed by atoms with Gasteiger partial charge in [-0.15, -0.1) is 6.58 Å². The highest BCUT2D eigenvalue weighted by Gasteiger charge is 2.18. The van der Waals surface area contributed by atoms with E-state index in [-0.39, 0.29) is 0 Å². The lowest BCUT2D eigenvalue weighted by Crippen LogP contribution is -2.27. The summed E-state index contributed by atoms with van der Waals surface area (Å²) in [7, 11) is 0. The number of likely N-dealkylation sites (tertiary alicyclic amines) is 1. The topological polar surface area (TPSA) is 29.3 Å². The normalized spacial score (nSPS) is 21.8. The highest BCUT2D eigenvalue weighted by molar-refractivity contribution is 5.17. The van der Waals surface area contributed by atoms with Gasteiger partial charge in [0.1, 0.15) is 0 Å². The fourth-order valence-electron chi connectivity index (χ4n) is 1.54. The average Bonchev–Trinajstić information content (AvgIpc) is 2.62. The molecule has 0 spiro atoms. The molecular weight excluding hydrogens is 184 g/mol. The summed E-state index contributed by atoms with van der Waals surface area (Å²) in [4.78, 5) is 2.38. The van der Waals surface area contributed by atoms with Gasteiger partial charge in [-0.25, -0.2) is 0 Å². The Bertz CT molecular complexity index is 219. The van der Waals surface area contributed by atoms with E-state index in [1.54, 1.807) is 6.08 Å². The molecule has 0 aromatic heterocycles. The van der Waals surface area contributed by atoms with Crippen molar-refractivity contribution in [1.29, 1.82) is 0 Å². The zero-order valence-electron chi connectivity index (χ0n) is 10.1. The van der Waals surface area contributed by atoms with Crippen LogP contribution in [0.4, 0.5) is 0 Å². The number of rotatable bonds is 3. The zero-order chi connectivity index (χ0) is 11.7. The largest absolute Gasteiger partial charge is 0.326 e. The van der Waals surface area contributed by atoms with Crippen LogP contribution in [0, 0.1) is 0 Å². The van der Waals surface area contributed by atoms with Gasteiger partial charge in [-0.1, -0.05) is 24.8 Å². The third-order valence-corrected chi connectivity index (χ3v) is 2.35. The molecular formula is C13H24N2. The molecule has 1 rings (SSSR count). The molecule has 0 aromatic carbocycles. The summed E-state index contributed by atoms with van der Waals surface area (Å²) in [5.41, 5.74) is 7.09. The number of nitrogens with two attached hydrogens (primary N) is 1. The summed E-state index contributed by atoms with van der Waals surface area (Å²) in [6, 6.07) is 0.382.